The zero-order valence-corrected chi connectivity index (χ0v) is 12.3. The van der Waals surface area contributed by atoms with E-state index in [4.69, 9.17) is 4.74 Å². The highest BCUT2D eigenvalue weighted by atomic mass is 19.3. The molecule has 1 N–H and O–H groups in total. The summed E-state index contributed by atoms with van der Waals surface area (Å²) in [6.45, 7) is 2.31. The van der Waals surface area contributed by atoms with Crippen molar-refractivity contribution < 1.29 is 18.3 Å². The number of halogens is 2. The fraction of sp³-hybridized carbons (Fsp3) is 0.600. The maximum absolute atomic E-state index is 12.5. The molecule has 0 aromatic heterocycles. The molecule has 0 spiro atoms. The molecule has 0 heterocycles. The van der Waals surface area contributed by atoms with Crippen LogP contribution in [0.25, 0.3) is 0 Å². The molecule has 0 bridgehead atoms. The van der Waals surface area contributed by atoms with Gasteiger partial charge in [-0.3, -0.25) is 0 Å². The third-order valence-electron chi connectivity index (χ3n) is 3.08. The van der Waals surface area contributed by atoms with Crippen molar-refractivity contribution in [2.45, 2.75) is 45.8 Å². The fourth-order valence-electron chi connectivity index (χ4n) is 2.01. The molecule has 0 saturated heterocycles. The summed E-state index contributed by atoms with van der Waals surface area (Å²) in [4.78, 5) is 0. The van der Waals surface area contributed by atoms with Crippen LogP contribution < -0.4 is 14.8 Å². The van der Waals surface area contributed by atoms with E-state index in [2.05, 4.69) is 23.9 Å². The second-order valence-electron chi connectivity index (χ2n) is 4.72. The summed E-state index contributed by atoms with van der Waals surface area (Å²) in [6.07, 6.45) is 2.59. The normalized spacial score (nSPS) is 12.5. The van der Waals surface area contributed by atoms with Gasteiger partial charge in [0, 0.05) is 6.04 Å². The Hall–Kier alpha value is -1.36. The van der Waals surface area contributed by atoms with Crippen LogP contribution >= 0.6 is 0 Å². The molecule has 20 heavy (non-hydrogen) atoms. The standard InChI is InChI=1S/C15H23F2NO2/c1-4-10-18-11(2)8-9-12-6-5-7-13(19-3)14(12)20-15(16)17/h5-7,11,15,18H,4,8-10H2,1-3H3. The van der Waals surface area contributed by atoms with Crippen LogP contribution in [0.4, 0.5) is 8.78 Å². The molecule has 0 amide bonds. The molecule has 0 saturated carbocycles. The van der Waals surface area contributed by atoms with Gasteiger partial charge < -0.3 is 14.8 Å². The van der Waals surface area contributed by atoms with Gasteiger partial charge in [0.15, 0.2) is 11.5 Å². The highest BCUT2D eigenvalue weighted by Crippen LogP contribution is 2.33. The van der Waals surface area contributed by atoms with Crippen molar-refractivity contribution in [2.24, 2.45) is 0 Å². The third kappa shape index (κ3) is 5.33. The fourth-order valence-corrected chi connectivity index (χ4v) is 2.01. The molecule has 0 aliphatic heterocycles. The number of aryl methyl sites for hydroxylation is 1. The van der Waals surface area contributed by atoms with Crippen LogP contribution in [-0.2, 0) is 6.42 Å². The number of hydrogen-bond donors (Lipinski definition) is 1. The van der Waals surface area contributed by atoms with E-state index in [9.17, 15) is 8.78 Å². The SMILES string of the molecule is CCCNC(C)CCc1cccc(OC)c1OC(F)F. The average molecular weight is 287 g/mol. The van der Waals surface area contributed by atoms with E-state index in [1.165, 1.54) is 7.11 Å². The van der Waals surface area contributed by atoms with E-state index in [-0.39, 0.29) is 5.75 Å². The molecule has 5 heteroatoms. The Labute approximate surface area is 119 Å². The van der Waals surface area contributed by atoms with Crippen LogP contribution in [-0.4, -0.2) is 26.3 Å². The van der Waals surface area contributed by atoms with E-state index in [1.54, 1.807) is 18.2 Å². The van der Waals surface area contributed by atoms with Crippen LogP contribution in [0.5, 0.6) is 11.5 Å². The largest absolute Gasteiger partial charge is 0.493 e. The lowest BCUT2D eigenvalue weighted by Gasteiger charge is -2.17. The molecule has 0 aliphatic carbocycles. The lowest BCUT2D eigenvalue weighted by atomic mass is 10.0. The van der Waals surface area contributed by atoms with Gasteiger partial charge in [0.1, 0.15) is 0 Å². The van der Waals surface area contributed by atoms with E-state index in [0.29, 0.717) is 18.2 Å². The molecule has 0 aliphatic rings. The minimum absolute atomic E-state index is 0.146. The average Bonchev–Trinajstić information content (AvgIpc) is 2.43. The van der Waals surface area contributed by atoms with E-state index in [0.717, 1.165) is 24.9 Å². The monoisotopic (exact) mass is 287 g/mol. The van der Waals surface area contributed by atoms with Gasteiger partial charge in [-0.2, -0.15) is 8.78 Å². The van der Waals surface area contributed by atoms with Gasteiger partial charge in [-0.25, -0.2) is 0 Å². The Balaban J connectivity index is 2.72. The van der Waals surface area contributed by atoms with E-state index >= 15 is 0 Å². The molecule has 1 aromatic rings. The number of nitrogens with one attached hydrogen (secondary N) is 1. The summed E-state index contributed by atoms with van der Waals surface area (Å²) in [6, 6.07) is 5.55. The van der Waals surface area contributed by atoms with Crippen molar-refractivity contribution in [3.05, 3.63) is 23.8 Å². The Bertz CT molecular complexity index is 399. The second kappa shape index (κ2) is 8.74. The predicted molar refractivity (Wildman–Crippen MR) is 75.7 cm³/mol. The van der Waals surface area contributed by atoms with Crippen LogP contribution in [0.3, 0.4) is 0 Å². The molecule has 1 unspecified atom stereocenters. The maximum atomic E-state index is 12.5. The summed E-state index contributed by atoms with van der Waals surface area (Å²) in [7, 11) is 1.45. The van der Waals surface area contributed by atoms with Gasteiger partial charge in [0.25, 0.3) is 0 Å². The second-order valence-corrected chi connectivity index (χ2v) is 4.72. The van der Waals surface area contributed by atoms with E-state index < -0.39 is 6.61 Å². The highest BCUT2D eigenvalue weighted by Gasteiger charge is 2.15. The van der Waals surface area contributed by atoms with E-state index in [1.807, 2.05) is 0 Å². The van der Waals surface area contributed by atoms with Crippen molar-refractivity contribution >= 4 is 0 Å². The van der Waals surface area contributed by atoms with Crippen molar-refractivity contribution in [1.82, 2.24) is 5.32 Å². The summed E-state index contributed by atoms with van der Waals surface area (Å²) >= 11 is 0. The lowest BCUT2D eigenvalue weighted by Crippen LogP contribution is -2.27. The van der Waals surface area contributed by atoms with Crippen LogP contribution in [0.15, 0.2) is 18.2 Å². The van der Waals surface area contributed by atoms with Crippen molar-refractivity contribution in [3.8, 4) is 11.5 Å². The topological polar surface area (TPSA) is 30.5 Å². The van der Waals surface area contributed by atoms with Gasteiger partial charge in [0.2, 0.25) is 0 Å². The lowest BCUT2D eigenvalue weighted by molar-refractivity contribution is -0.0518. The summed E-state index contributed by atoms with van der Waals surface area (Å²) in [5.41, 5.74) is 0.745. The molecule has 0 fully saturated rings. The highest BCUT2D eigenvalue weighted by molar-refractivity contribution is 5.46. The first kappa shape index (κ1) is 16.7. The molecular weight excluding hydrogens is 264 g/mol. The Morgan fingerprint density at radius 2 is 2.05 bits per heavy atom. The molecule has 1 aromatic carbocycles. The zero-order chi connectivity index (χ0) is 15.0. The van der Waals surface area contributed by atoms with Gasteiger partial charge in [0.05, 0.1) is 7.11 Å². The number of benzene rings is 1. The van der Waals surface area contributed by atoms with Crippen molar-refractivity contribution in [1.29, 1.82) is 0 Å². The molecule has 3 nitrogen and oxygen atoms in total. The van der Waals surface area contributed by atoms with Crippen molar-refractivity contribution in [2.75, 3.05) is 13.7 Å². The third-order valence-corrected chi connectivity index (χ3v) is 3.08. The first-order chi connectivity index (χ1) is 9.58. The van der Waals surface area contributed by atoms with Gasteiger partial charge in [-0.05, 0) is 44.4 Å². The minimum atomic E-state index is -2.85. The van der Waals surface area contributed by atoms with Gasteiger partial charge >= 0.3 is 6.61 Å². The molecule has 1 rings (SSSR count). The minimum Gasteiger partial charge on any atom is -0.493 e. The summed E-state index contributed by atoms with van der Waals surface area (Å²) < 4.78 is 34.7. The molecule has 1 atom stereocenters. The first-order valence-corrected chi connectivity index (χ1v) is 6.92. The first-order valence-electron chi connectivity index (χ1n) is 6.92. The van der Waals surface area contributed by atoms with Gasteiger partial charge in [-0.1, -0.05) is 19.1 Å². The van der Waals surface area contributed by atoms with Crippen LogP contribution in [0.2, 0.25) is 0 Å². The quantitative estimate of drug-likeness (QED) is 0.752. The zero-order valence-electron chi connectivity index (χ0n) is 12.3. The van der Waals surface area contributed by atoms with Crippen LogP contribution in [0, 0.1) is 0 Å². The Kier molecular flexibility index (Phi) is 7.30. The number of rotatable bonds is 9. The summed E-state index contributed by atoms with van der Waals surface area (Å²) in [5.74, 6) is 0.490. The Morgan fingerprint density at radius 1 is 1.30 bits per heavy atom. The molecular formula is C15H23F2NO2. The summed E-state index contributed by atoms with van der Waals surface area (Å²) in [5, 5.41) is 3.37. The predicted octanol–water partition coefficient (Wildman–Crippen LogP) is 3.62. The Morgan fingerprint density at radius 3 is 2.65 bits per heavy atom. The maximum Gasteiger partial charge on any atom is 0.387 e. The number of hydrogen-bond acceptors (Lipinski definition) is 3. The van der Waals surface area contributed by atoms with Crippen LogP contribution in [0.1, 0.15) is 32.3 Å². The number of alkyl halides is 2. The number of methoxy groups -OCH3 is 1. The molecule has 0 radical (unpaired) electrons. The molecule has 114 valence electrons. The number of ether oxygens (including phenoxy) is 2. The number of para-hydroxylation sites is 1. The van der Waals surface area contributed by atoms with Crippen molar-refractivity contribution in [3.63, 3.8) is 0 Å². The smallest absolute Gasteiger partial charge is 0.387 e. The van der Waals surface area contributed by atoms with Gasteiger partial charge in [-0.15, -0.1) is 0 Å².